The second-order valence-corrected chi connectivity index (χ2v) is 11.9. The summed E-state index contributed by atoms with van der Waals surface area (Å²) in [5.74, 6) is -3.40. The minimum Gasteiger partial charge on any atom is -0.496 e. The molecule has 0 saturated carbocycles. The third-order valence-corrected chi connectivity index (χ3v) is 8.95. The Morgan fingerprint density at radius 2 is 1.55 bits per heavy atom. The molecule has 4 rings (SSSR count). The number of ketones is 2. The maximum absolute atomic E-state index is 15.5. The second-order valence-electron chi connectivity index (χ2n) is 9.69. The van der Waals surface area contributed by atoms with Gasteiger partial charge in [0, 0.05) is 33.7 Å². The minimum atomic E-state index is -1.08. The van der Waals surface area contributed by atoms with Crippen molar-refractivity contribution < 1.29 is 48.0 Å². The Morgan fingerprint density at radius 3 is 2.21 bits per heavy atom. The van der Waals surface area contributed by atoms with Crippen LogP contribution in [0.5, 0.6) is 17.2 Å². The number of carbonyl (C=O) groups is 4. The number of hydrogen-bond acceptors (Lipinski definition) is 9. The van der Waals surface area contributed by atoms with E-state index in [1.807, 2.05) is 12.1 Å². The molecule has 0 fully saturated rings. The number of thiophene rings is 2. The number of aryl methyl sites for hydroxylation is 1. The number of Topliss-reactive ketones (excluding diaryl/α,β-unsaturated/α-hetero) is 2. The highest BCUT2D eigenvalue weighted by molar-refractivity contribution is 7.21. The molecular weight excluding hydrogens is 587 g/mol. The van der Waals surface area contributed by atoms with Crippen LogP contribution in [0.4, 0.5) is 4.39 Å². The van der Waals surface area contributed by atoms with Crippen LogP contribution in [0.15, 0.2) is 30.3 Å². The SMILES string of the molecule is COc1cc2sc(C(=O)CC(C)C(=O)O)cc2cc1CCCOc1c(OC)cc2sc(C(=O)CCC(=O)O)cc2c1F. The van der Waals surface area contributed by atoms with E-state index >= 15 is 4.39 Å². The minimum absolute atomic E-state index is 0.0775. The summed E-state index contributed by atoms with van der Waals surface area (Å²) in [5, 5.41) is 19.0. The second kappa shape index (κ2) is 13.3. The van der Waals surface area contributed by atoms with Crippen molar-refractivity contribution in [2.45, 2.75) is 39.0 Å². The lowest BCUT2D eigenvalue weighted by Crippen LogP contribution is -2.13. The van der Waals surface area contributed by atoms with E-state index in [0.717, 1.165) is 27.0 Å². The molecule has 1 atom stereocenters. The Hall–Kier alpha value is -4.03. The summed E-state index contributed by atoms with van der Waals surface area (Å²) in [6, 6.07) is 8.52. The molecule has 0 saturated heterocycles. The van der Waals surface area contributed by atoms with Crippen molar-refractivity contribution in [3.63, 3.8) is 0 Å². The summed E-state index contributed by atoms with van der Waals surface area (Å²) in [7, 11) is 2.94. The molecule has 222 valence electrons. The fourth-order valence-corrected chi connectivity index (χ4v) is 6.48. The number of benzene rings is 2. The quantitative estimate of drug-likeness (QED) is 0.111. The molecule has 0 bridgehead atoms. The van der Waals surface area contributed by atoms with Gasteiger partial charge < -0.3 is 24.4 Å². The van der Waals surface area contributed by atoms with Gasteiger partial charge in [0.2, 0.25) is 0 Å². The van der Waals surface area contributed by atoms with E-state index in [-0.39, 0.29) is 59.2 Å². The number of carbonyl (C=O) groups excluding carboxylic acids is 2. The Kier molecular flexibility index (Phi) is 9.79. The number of carboxylic acids is 2. The van der Waals surface area contributed by atoms with Crippen molar-refractivity contribution in [2.24, 2.45) is 5.92 Å². The van der Waals surface area contributed by atoms with Gasteiger partial charge in [0.25, 0.3) is 0 Å². The summed E-state index contributed by atoms with van der Waals surface area (Å²) in [6.07, 6.45) is 0.469. The first-order valence-corrected chi connectivity index (χ1v) is 14.7. The van der Waals surface area contributed by atoms with E-state index in [2.05, 4.69) is 0 Å². The van der Waals surface area contributed by atoms with Crippen LogP contribution >= 0.6 is 22.7 Å². The maximum Gasteiger partial charge on any atom is 0.306 e. The highest BCUT2D eigenvalue weighted by Gasteiger charge is 2.22. The van der Waals surface area contributed by atoms with Gasteiger partial charge in [-0.15, -0.1) is 22.7 Å². The van der Waals surface area contributed by atoms with Crippen LogP contribution in [0.2, 0.25) is 0 Å². The lowest BCUT2D eigenvalue weighted by Gasteiger charge is -2.13. The molecule has 1 unspecified atom stereocenters. The average molecular weight is 617 g/mol. The topological polar surface area (TPSA) is 136 Å². The van der Waals surface area contributed by atoms with Crippen molar-refractivity contribution in [1.29, 1.82) is 0 Å². The zero-order valence-corrected chi connectivity index (χ0v) is 24.8. The Morgan fingerprint density at radius 1 is 0.881 bits per heavy atom. The molecule has 9 nitrogen and oxygen atoms in total. The third kappa shape index (κ3) is 6.88. The van der Waals surface area contributed by atoms with Gasteiger partial charge in [0.1, 0.15) is 5.75 Å². The monoisotopic (exact) mass is 616 g/mol. The fraction of sp³-hybridized carbons (Fsp3) is 0.333. The van der Waals surface area contributed by atoms with Crippen molar-refractivity contribution in [1.82, 2.24) is 0 Å². The molecule has 0 aliphatic carbocycles. The molecular formula is C30H29FO9S2. The van der Waals surface area contributed by atoms with Crippen molar-refractivity contribution in [2.75, 3.05) is 20.8 Å². The molecule has 2 aromatic carbocycles. The third-order valence-electron chi connectivity index (χ3n) is 6.69. The fourth-order valence-electron chi connectivity index (χ4n) is 4.41. The van der Waals surface area contributed by atoms with Gasteiger partial charge in [-0.3, -0.25) is 19.2 Å². The van der Waals surface area contributed by atoms with E-state index in [4.69, 9.17) is 24.4 Å². The molecule has 4 aromatic rings. The zero-order chi connectivity index (χ0) is 30.6. The number of methoxy groups -OCH3 is 2. The van der Waals surface area contributed by atoms with E-state index < -0.39 is 23.7 Å². The predicted octanol–water partition coefficient (Wildman–Crippen LogP) is 6.62. The Labute approximate surface area is 248 Å². The summed E-state index contributed by atoms with van der Waals surface area (Å²) in [4.78, 5) is 47.6. The van der Waals surface area contributed by atoms with Crippen molar-refractivity contribution in [3.05, 3.63) is 51.5 Å². The van der Waals surface area contributed by atoms with Crippen molar-refractivity contribution in [3.8, 4) is 17.2 Å². The molecule has 0 aliphatic rings. The lowest BCUT2D eigenvalue weighted by molar-refractivity contribution is -0.141. The number of rotatable bonds is 15. The summed E-state index contributed by atoms with van der Waals surface area (Å²) < 4.78 is 33.5. The largest absolute Gasteiger partial charge is 0.496 e. The zero-order valence-electron chi connectivity index (χ0n) is 23.2. The normalized spacial score (nSPS) is 11.9. The van der Waals surface area contributed by atoms with Gasteiger partial charge in [-0.1, -0.05) is 6.92 Å². The van der Waals surface area contributed by atoms with Crippen LogP contribution in [0, 0.1) is 11.7 Å². The van der Waals surface area contributed by atoms with E-state index in [9.17, 15) is 19.2 Å². The maximum atomic E-state index is 15.5. The predicted molar refractivity (Wildman–Crippen MR) is 157 cm³/mol. The summed E-state index contributed by atoms with van der Waals surface area (Å²) in [6.45, 7) is 1.65. The molecule has 2 aromatic heterocycles. The van der Waals surface area contributed by atoms with Gasteiger partial charge in [-0.05, 0) is 48.1 Å². The smallest absolute Gasteiger partial charge is 0.306 e. The molecule has 0 amide bonds. The molecule has 0 aliphatic heterocycles. The number of ether oxygens (including phenoxy) is 3. The van der Waals surface area contributed by atoms with Crippen LogP contribution in [0.3, 0.4) is 0 Å². The molecule has 2 heterocycles. The van der Waals surface area contributed by atoms with Crippen LogP contribution < -0.4 is 14.2 Å². The average Bonchev–Trinajstić information content (AvgIpc) is 3.58. The molecule has 12 heteroatoms. The van der Waals surface area contributed by atoms with Gasteiger partial charge in [-0.2, -0.15) is 0 Å². The molecule has 0 radical (unpaired) electrons. The van der Waals surface area contributed by atoms with Crippen molar-refractivity contribution >= 4 is 66.4 Å². The number of aliphatic carboxylic acids is 2. The highest BCUT2D eigenvalue weighted by Crippen LogP contribution is 2.40. The van der Waals surface area contributed by atoms with Crippen LogP contribution in [-0.2, 0) is 16.0 Å². The molecule has 2 N–H and O–H groups in total. The number of fused-ring (bicyclic) bond motifs is 2. The first kappa shape index (κ1) is 30.9. The Bertz CT molecular complexity index is 1670. The van der Waals surface area contributed by atoms with Crippen LogP contribution in [0.1, 0.15) is 57.5 Å². The highest BCUT2D eigenvalue weighted by atomic mass is 32.1. The van der Waals surface area contributed by atoms with Gasteiger partial charge in [0.05, 0.1) is 42.9 Å². The van der Waals surface area contributed by atoms with E-state index in [0.29, 0.717) is 28.2 Å². The Balaban J connectivity index is 1.46. The first-order valence-electron chi connectivity index (χ1n) is 13.1. The van der Waals surface area contributed by atoms with Gasteiger partial charge >= 0.3 is 11.9 Å². The summed E-state index contributed by atoms with van der Waals surface area (Å²) in [5.41, 5.74) is 0.870. The number of hydrogen-bond donors (Lipinski definition) is 2. The van der Waals surface area contributed by atoms with Crippen LogP contribution in [-0.4, -0.2) is 54.5 Å². The van der Waals surface area contributed by atoms with E-state index in [1.54, 1.807) is 19.2 Å². The summed E-state index contributed by atoms with van der Waals surface area (Å²) >= 11 is 2.36. The standard InChI is InChI=1S/C30H29FO9S2/c1-15(30(36)37)9-20(33)25-11-17-10-16(21(38-2)13-23(17)41-25)5-4-8-40-29-22(39-3)14-24-18(28(29)31)12-26(42-24)19(32)6-7-27(34)35/h10-15H,4-9H2,1-3H3,(H,34,35)(H,36,37). The molecule has 0 spiro atoms. The molecule has 42 heavy (non-hydrogen) atoms. The van der Waals surface area contributed by atoms with E-state index in [1.165, 1.54) is 31.4 Å². The first-order chi connectivity index (χ1) is 20.0. The lowest BCUT2D eigenvalue weighted by atomic mass is 10.0. The van der Waals surface area contributed by atoms with Gasteiger partial charge in [0.15, 0.2) is 28.9 Å². The number of halogens is 1. The van der Waals surface area contributed by atoms with Crippen LogP contribution in [0.25, 0.3) is 20.2 Å². The number of carboxylic acid groups (broad SMARTS) is 2. The van der Waals surface area contributed by atoms with Gasteiger partial charge in [-0.25, -0.2) is 4.39 Å².